The molecule has 0 spiro atoms. The van der Waals surface area contributed by atoms with Crippen molar-refractivity contribution < 1.29 is 14.6 Å². The van der Waals surface area contributed by atoms with E-state index < -0.39 is 6.10 Å². The topological polar surface area (TPSA) is 38.7 Å². The van der Waals surface area contributed by atoms with Gasteiger partial charge in [0.2, 0.25) is 0 Å². The molecule has 0 saturated carbocycles. The minimum absolute atomic E-state index is 0. The first kappa shape index (κ1) is 13.1. The van der Waals surface area contributed by atoms with Gasteiger partial charge in [-0.3, -0.25) is 0 Å². The van der Waals surface area contributed by atoms with Gasteiger partial charge in [-0.2, -0.15) is 0 Å². The molecule has 3 nitrogen and oxygen atoms in total. The molecule has 1 aromatic carbocycles. The van der Waals surface area contributed by atoms with Gasteiger partial charge >= 0.3 is 0 Å². The van der Waals surface area contributed by atoms with Crippen LogP contribution in [0.25, 0.3) is 0 Å². The Morgan fingerprint density at radius 2 is 1.71 bits per heavy atom. The van der Waals surface area contributed by atoms with E-state index in [1.807, 2.05) is 6.07 Å². The zero-order chi connectivity index (χ0) is 9.84. The average molecular weight is 219 g/mol. The predicted octanol–water partition coefficient (Wildman–Crippen LogP) is 2.18. The van der Waals surface area contributed by atoms with Crippen LogP contribution in [0.2, 0.25) is 0 Å². The summed E-state index contributed by atoms with van der Waals surface area (Å²) in [6.45, 7) is 1.71. The van der Waals surface area contributed by atoms with Crippen molar-refractivity contribution >= 4 is 12.4 Å². The second-order valence-electron chi connectivity index (χ2n) is 2.79. The van der Waals surface area contributed by atoms with Crippen LogP contribution in [-0.4, -0.2) is 19.3 Å². The molecular formula is C10H15ClO3. The number of rotatable bonds is 3. The van der Waals surface area contributed by atoms with Gasteiger partial charge in [0.25, 0.3) is 0 Å². The summed E-state index contributed by atoms with van der Waals surface area (Å²) in [4.78, 5) is 0. The first-order valence-corrected chi connectivity index (χ1v) is 4.09. The fraction of sp³-hybridized carbons (Fsp3) is 0.400. The molecule has 0 aliphatic heterocycles. The van der Waals surface area contributed by atoms with Crippen molar-refractivity contribution in [3.8, 4) is 11.5 Å². The fourth-order valence-corrected chi connectivity index (χ4v) is 1.11. The molecule has 0 heterocycles. The van der Waals surface area contributed by atoms with Gasteiger partial charge in [0.15, 0.2) is 11.5 Å². The zero-order valence-electron chi connectivity index (χ0n) is 8.48. The summed E-state index contributed by atoms with van der Waals surface area (Å²) in [6, 6.07) is 5.36. The van der Waals surface area contributed by atoms with Crippen molar-refractivity contribution in [2.45, 2.75) is 13.0 Å². The largest absolute Gasteiger partial charge is 0.493 e. The van der Waals surface area contributed by atoms with Crippen LogP contribution in [0.5, 0.6) is 11.5 Å². The van der Waals surface area contributed by atoms with E-state index in [-0.39, 0.29) is 12.4 Å². The summed E-state index contributed by atoms with van der Waals surface area (Å²) < 4.78 is 10.2. The lowest BCUT2D eigenvalue weighted by Gasteiger charge is -2.10. The number of aliphatic hydroxyl groups excluding tert-OH is 1. The van der Waals surface area contributed by atoms with Gasteiger partial charge in [0, 0.05) is 0 Å². The van der Waals surface area contributed by atoms with Crippen LogP contribution in [-0.2, 0) is 0 Å². The summed E-state index contributed by atoms with van der Waals surface area (Å²) in [6.07, 6.45) is -0.486. The van der Waals surface area contributed by atoms with Crippen LogP contribution in [0.4, 0.5) is 0 Å². The third kappa shape index (κ3) is 2.79. The quantitative estimate of drug-likeness (QED) is 0.845. The molecule has 80 valence electrons. The van der Waals surface area contributed by atoms with Crippen molar-refractivity contribution in [3.05, 3.63) is 23.8 Å². The van der Waals surface area contributed by atoms with Crippen molar-refractivity contribution in [1.82, 2.24) is 0 Å². The van der Waals surface area contributed by atoms with E-state index >= 15 is 0 Å². The molecule has 0 fully saturated rings. The highest BCUT2D eigenvalue weighted by atomic mass is 35.5. The third-order valence-electron chi connectivity index (χ3n) is 1.89. The smallest absolute Gasteiger partial charge is 0.161 e. The molecule has 1 rings (SSSR count). The van der Waals surface area contributed by atoms with E-state index in [0.29, 0.717) is 11.5 Å². The average Bonchev–Trinajstić information content (AvgIpc) is 2.16. The molecule has 1 N–H and O–H groups in total. The first-order valence-electron chi connectivity index (χ1n) is 4.09. The number of benzene rings is 1. The highest BCUT2D eigenvalue weighted by Gasteiger charge is 2.06. The molecule has 1 atom stereocenters. The van der Waals surface area contributed by atoms with E-state index in [1.54, 1.807) is 33.3 Å². The zero-order valence-corrected chi connectivity index (χ0v) is 9.30. The Labute approximate surface area is 90.1 Å². The SMILES string of the molecule is COc1ccc(C(C)O)cc1OC.Cl. The molecule has 0 aromatic heterocycles. The lowest BCUT2D eigenvalue weighted by atomic mass is 10.1. The molecule has 1 unspecified atom stereocenters. The molecule has 0 radical (unpaired) electrons. The van der Waals surface area contributed by atoms with E-state index in [4.69, 9.17) is 9.47 Å². The molecule has 14 heavy (non-hydrogen) atoms. The summed E-state index contributed by atoms with van der Waals surface area (Å²) >= 11 is 0. The molecule has 4 heteroatoms. The van der Waals surface area contributed by atoms with Gasteiger partial charge < -0.3 is 14.6 Å². The van der Waals surface area contributed by atoms with Crippen LogP contribution in [0, 0.1) is 0 Å². The standard InChI is InChI=1S/C10H14O3.ClH/c1-7(11)8-4-5-9(12-2)10(6-8)13-3;/h4-7,11H,1-3H3;1H. The summed E-state index contributed by atoms with van der Waals surface area (Å²) in [5, 5.41) is 9.31. The highest BCUT2D eigenvalue weighted by Crippen LogP contribution is 2.29. The fourth-order valence-electron chi connectivity index (χ4n) is 1.11. The summed E-state index contributed by atoms with van der Waals surface area (Å²) in [5.74, 6) is 1.31. The minimum atomic E-state index is -0.486. The third-order valence-corrected chi connectivity index (χ3v) is 1.89. The Morgan fingerprint density at radius 1 is 1.14 bits per heavy atom. The number of hydrogen-bond acceptors (Lipinski definition) is 3. The maximum absolute atomic E-state index is 9.31. The van der Waals surface area contributed by atoms with E-state index in [0.717, 1.165) is 5.56 Å². The number of hydrogen-bond donors (Lipinski definition) is 1. The Hall–Kier alpha value is -0.930. The normalized spacial score (nSPS) is 11.4. The molecule has 0 saturated heterocycles. The maximum atomic E-state index is 9.31. The van der Waals surface area contributed by atoms with Gasteiger partial charge in [0.1, 0.15) is 0 Å². The Kier molecular flexibility index (Phi) is 5.35. The lowest BCUT2D eigenvalue weighted by molar-refractivity contribution is 0.198. The predicted molar refractivity (Wildman–Crippen MR) is 57.4 cm³/mol. The number of ether oxygens (including phenoxy) is 2. The van der Waals surface area contributed by atoms with Crippen molar-refractivity contribution in [2.75, 3.05) is 14.2 Å². The van der Waals surface area contributed by atoms with E-state index in [9.17, 15) is 5.11 Å². The van der Waals surface area contributed by atoms with Crippen molar-refractivity contribution in [3.63, 3.8) is 0 Å². The molecule has 0 amide bonds. The van der Waals surface area contributed by atoms with Crippen molar-refractivity contribution in [1.29, 1.82) is 0 Å². The lowest BCUT2D eigenvalue weighted by Crippen LogP contribution is -1.95. The Balaban J connectivity index is 0.00000169. The monoisotopic (exact) mass is 218 g/mol. The van der Waals surface area contributed by atoms with Crippen LogP contribution in [0.3, 0.4) is 0 Å². The molecule has 0 aliphatic carbocycles. The highest BCUT2D eigenvalue weighted by molar-refractivity contribution is 5.85. The van der Waals surface area contributed by atoms with Crippen LogP contribution >= 0.6 is 12.4 Å². The Morgan fingerprint density at radius 3 is 2.14 bits per heavy atom. The first-order chi connectivity index (χ1) is 6.19. The second kappa shape index (κ2) is 5.73. The second-order valence-corrected chi connectivity index (χ2v) is 2.79. The van der Waals surface area contributed by atoms with E-state index in [1.165, 1.54) is 0 Å². The molecule has 0 aliphatic rings. The van der Waals surface area contributed by atoms with Gasteiger partial charge in [0.05, 0.1) is 20.3 Å². The van der Waals surface area contributed by atoms with Gasteiger partial charge in [-0.1, -0.05) is 6.07 Å². The van der Waals surface area contributed by atoms with Gasteiger partial charge in [-0.05, 0) is 24.6 Å². The number of aliphatic hydroxyl groups is 1. The number of methoxy groups -OCH3 is 2. The molecular weight excluding hydrogens is 204 g/mol. The Bertz CT molecular complexity index is 287. The number of halogens is 1. The minimum Gasteiger partial charge on any atom is -0.493 e. The van der Waals surface area contributed by atoms with Gasteiger partial charge in [-0.25, -0.2) is 0 Å². The van der Waals surface area contributed by atoms with Gasteiger partial charge in [-0.15, -0.1) is 12.4 Å². The van der Waals surface area contributed by atoms with Crippen LogP contribution < -0.4 is 9.47 Å². The molecule has 1 aromatic rings. The van der Waals surface area contributed by atoms with E-state index in [2.05, 4.69) is 0 Å². The van der Waals surface area contributed by atoms with Crippen LogP contribution in [0.15, 0.2) is 18.2 Å². The van der Waals surface area contributed by atoms with Crippen LogP contribution in [0.1, 0.15) is 18.6 Å². The maximum Gasteiger partial charge on any atom is 0.161 e. The molecule has 0 bridgehead atoms. The van der Waals surface area contributed by atoms with Crippen molar-refractivity contribution in [2.24, 2.45) is 0 Å². The summed E-state index contributed by atoms with van der Waals surface area (Å²) in [7, 11) is 3.16. The summed E-state index contributed by atoms with van der Waals surface area (Å²) in [5.41, 5.74) is 0.817.